The van der Waals surface area contributed by atoms with Crippen LogP contribution in [0.3, 0.4) is 0 Å². The number of aromatic nitrogens is 1. The van der Waals surface area contributed by atoms with Crippen molar-refractivity contribution in [3.63, 3.8) is 0 Å². The van der Waals surface area contributed by atoms with Crippen molar-refractivity contribution in [2.45, 2.75) is 32.8 Å². The number of fused-ring (bicyclic) bond motifs is 1. The first-order valence-electron chi connectivity index (χ1n) is 5.86. The summed E-state index contributed by atoms with van der Waals surface area (Å²) in [7, 11) is 0. The van der Waals surface area contributed by atoms with Crippen molar-refractivity contribution in [2.75, 3.05) is 0 Å². The second-order valence-corrected chi connectivity index (χ2v) is 5.31. The minimum absolute atomic E-state index is 0.188. The van der Waals surface area contributed by atoms with Gasteiger partial charge >= 0.3 is 5.97 Å². The Kier molecular flexibility index (Phi) is 3.03. The quantitative estimate of drug-likeness (QED) is 0.802. The van der Waals surface area contributed by atoms with E-state index >= 15 is 0 Å². The van der Waals surface area contributed by atoms with Gasteiger partial charge < -0.3 is 14.8 Å². The van der Waals surface area contributed by atoms with Crippen molar-refractivity contribution < 1.29 is 14.6 Å². The largest absolute Gasteiger partial charge is 0.508 e. The Morgan fingerprint density at radius 1 is 1.39 bits per heavy atom. The van der Waals surface area contributed by atoms with E-state index in [1.165, 1.54) is 0 Å². The van der Waals surface area contributed by atoms with Crippen LogP contribution < -0.4 is 0 Å². The monoisotopic (exact) mass is 247 g/mol. The van der Waals surface area contributed by atoms with E-state index in [1.54, 1.807) is 24.4 Å². The molecule has 1 aromatic carbocycles. The zero-order valence-corrected chi connectivity index (χ0v) is 10.8. The van der Waals surface area contributed by atoms with E-state index in [-0.39, 0.29) is 18.1 Å². The standard InChI is InChI=1S/C14H17NO3/c1-14(2,3)18-13(17)6-9-8-15-12-5-4-10(16)7-11(9)12/h4-5,7-8,15-16H,6H2,1-3H3. The van der Waals surface area contributed by atoms with E-state index in [4.69, 9.17) is 4.74 Å². The summed E-state index contributed by atoms with van der Waals surface area (Å²) in [5, 5.41) is 10.3. The van der Waals surface area contributed by atoms with E-state index in [9.17, 15) is 9.90 Å². The molecular weight excluding hydrogens is 230 g/mol. The number of benzene rings is 1. The number of aromatic amines is 1. The number of aromatic hydroxyl groups is 1. The molecule has 4 heteroatoms. The molecular formula is C14H17NO3. The van der Waals surface area contributed by atoms with Gasteiger partial charge in [-0.05, 0) is 44.5 Å². The van der Waals surface area contributed by atoms with Crippen LogP contribution in [0.5, 0.6) is 5.75 Å². The molecule has 0 atom stereocenters. The maximum atomic E-state index is 11.8. The van der Waals surface area contributed by atoms with Gasteiger partial charge in [0.05, 0.1) is 6.42 Å². The third kappa shape index (κ3) is 2.83. The average Bonchev–Trinajstić information content (AvgIpc) is 2.58. The van der Waals surface area contributed by atoms with Crippen LogP contribution in [0.2, 0.25) is 0 Å². The zero-order chi connectivity index (χ0) is 13.3. The second kappa shape index (κ2) is 4.37. The van der Waals surface area contributed by atoms with Crippen molar-refractivity contribution >= 4 is 16.9 Å². The summed E-state index contributed by atoms with van der Waals surface area (Å²) in [6, 6.07) is 5.03. The molecule has 4 nitrogen and oxygen atoms in total. The van der Waals surface area contributed by atoms with Gasteiger partial charge in [-0.3, -0.25) is 4.79 Å². The number of nitrogens with one attached hydrogen (secondary N) is 1. The average molecular weight is 247 g/mol. The lowest BCUT2D eigenvalue weighted by molar-refractivity contribution is -0.153. The molecule has 0 saturated carbocycles. The lowest BCUT2D eigenvalue weighted by Crippen LogP contribution is -2.24. The normalized spacial score (nSPS) is 11.7. The smallest absolute Gasteiger partial charge is 0.310 e. The summed E-state index contributed by atoms with van der Waals surface area (Å²) < 4.78 is 5.27. The zero-order valence-electron chi connectivity index (χ0n) is 10.8. The highest BCUT2D eigenvalue weighted by molar-refractivity contribution is 5.88. The van der Waals surface area contributed by atoms with Gasteiger partial charge in [0.2, 0.25) is 0 Å². The highest BCUT2D eigenvalue weighted by atomic mass is 16.6. The minimum atomic E-state index is -0.481. The molecule has 1 aromatic heterocycles. The molecule has 0 fully saturated rings. The Bertz CT molecular complexity index is 578. The third-order valence-electron chi connectivity index (χ3n) is 2.51. The van der Waals surface area contributed by atoms with Crippen molar-refractivity contribution in [2.24, 2.45) is 0 Å². The Hall–Kier alpha value is -1.97. The van der Waals surface area contributed by atoms with Crippen molar-refractivity contribution in [3.8, 4) is 5.75 Å². The molecule has 0 spiro atoms. The molecule has 0 aliphatic rings. The van der Waals surface area contributed by atoms with Crippen LogP contribution in [0.1, 0.15) is 26.3 Å². The van der Waals surface area contributed by atoms with Crippen molar-refractivity contribution in [1.82, 2.24) is 4.98 Å². The fourth-order valence-electron chi connectivity index (χ4n) is 1.85. The molecule has 2 aromatic rings. The predicted octanol–water partition coefficient (Wildman–Crippen LogP) is 2.76. The van der Waals surface area contributed by atoms with Crippen LogP contribution in [-0.2, 0) is 16.0 Å². The summed E-state index contributed by atoms with van der Waals surface area (Å²) in [5.41, 5.74) is 1.24. The fourth-order valence-corrected chi connectivity index (χ4v) is 1.85. The molecule has 0 amide bonds. The topological polar surface area (TPSA) is 62.3 Å². The van der Waals surface area contributed by atoms with Crippen LogP contribution >= 0.6 is 0 Å². The summed E-state index contributed by atoms with van der Waals surface area (Å²) in [6.45, 7) is 5.52. The summed E-state index contributed by atoms with van der Waals surface area (Å²) in [6.07, 6.45) is 1.97. The highest BCUT2D eigenvalue weighted by Gasteiger charge is 2.17. The molecule has 0 radical (unpaired) electrons. The number of hydrogen-bond donors (Lipinski definition) is 2. The van der Waals surface area contributed by atoms with Crippen LogP contribution in [0, 0.1) is 0 Å². The first-order valence-corrected chi connectivity index (χ1v) is 5.86. The van der Waals surface area contributed by atoms with E-state index < -0.39 is 5.60 Å². The van der Waals surface area contributed by atoms with E-state index in [0.29, 0.717) is 0 Å². The van der Waals surface area contributed by atoms with Gasteiger partial charge in [-0.15, -0.1) is 0 Å². The number of phenols is 1. The van der Waals surface area contributed by atoms with Crippen LogP contribution in [0.15, 0.2) is 24.4 Å². The van der Waals surface area contributed by atoms with Gasteiger partial charge in [0.15, 0.2) is 0 Å². The minimum Gasteiger partial charge on any atom is -0.508 e. The molecule has 18 heavy (non-hydrogen) atoms. The molecule has 2 N–H and O–H groups in total. The molecule has 0 aliphatic heterocycles. The SMILES string of the molecule is CC(C)(C)OC(=O)Cc1c[nH]c2ccc(O)cc12. The maximum Gasteiger partial charge on any atom is 0.310 e. The van der Waals surface area contributed by atoms with Gasteiger partial charge in [-0.2, -0.15) is 0 Å². The van der Waals surface area contributed by atoms with Gasteiger partial charge in [0.25, 0.3) is 0 Å². The molecule has 2 rings (SSSR count). The number of hydrogen-bond acceptors (Lipinski definition) is 3. The Morgan fingerprint density at radius 2 is 2.11 bits per heavy atom. The van der Waals surface area contributed by atoms with Crippen LogP contribution in [-0.4, -0.2) is 21.7 Å². The van der Waals surface area contributed by atoms with Gasteiger partial charge in [0, 0.05) is 17.1 Å². The number of carbonyl (C=O) groups excluding carboxylic acids is 1. The number of rotatable bonds is 2. The predicted molar refractivity (Wildman–Crippen MR) is 69.5 cm³/mol. The molecule has 0 bridgehead atoms. The highest BCUT2D eigenvalue weighted by Crippen LogP contribution is 2.23. The first-order chi connectivity index (χ1) is 8.35. The molecule has 0 unspecified atom stereocenters. The van der Waals surface area contributed by atoms with Crippen molar-refractivity contribution in [3.05, 3.63) is 30.0 Å². The number of ether oxygens (including phenoxy) is 1. The number of esters is 1. The van der Waals surface area contributed by atoms with E-state index in [2.05, 4.69) is 4.98 Å². The maximum absolute atomic E-state index is 11.8. The molecule has 1 heterocycles. The number of phenolic OH excluding ortho intramolecular Hbond substituents is 1. The summed E-state index contributed by atoms with van der Waals surface area (Å²) >= 11 is 0. The van der Waals surface area contributed by atoms with Crippen molar-refractivity contribution in [1.29, 1.82) is 0 Å². The lowest BCUT2D eigenvalue weighted by Gasteiger charge is -2.19. The van der Waals surface area contributed by atoms with Crippen LogP contribution in [0.25, 0.3) is 10.9 Å². The van der Waals surface area contributed by atoms with Crippen LogP contribution in [0.4, 0.5) is 0 Å². The Balaban J connectivity index is 2.22. The third-order valence-corrected chi connectivity index (χ3v) is 2.51. The van der Waals surface area contributed by atoms with E-state index in [1.807, 2.05) is 20.8 Å². The lowest BCUT2D eigenvalue weighted by atomic mass is 10.1. The Labute approximate surface area is 106 Å². The van der Waals surface area contributed by atoms with Gasteiger partial charge in [-0.1, -0.05) is 0 Å². The van der Waals surface area contributed by atoms with Gasteiger partial charge in [-0.25, -0.2) is 0 Å². The first kappa shape index (κ1) is 12.5. The Morgan fingerprint density at radius 3 is 2.78 bits per heavy atom. The second-order valence-electron chi connectivity index (χ2n) is 5.31. The summed E-state index contributed by atoms with van der Waals surface area (Å²) in [5.74, 6) is -0.0840. The molecule has 96 valence electrons. The number of carbonyl (C=O) groups is 1. The van der Waals surface area contributed by atoms with E-state index in [0.717, 1.165) is 16.5 Å². The number of H-pyrrole nitrogens is 1. The molecule has 0 aliphatic carbocycles. The summed E-state index contributed by atoms with van der Waals surface area (Å²) in [4.78, 5) is 14.8. The molecule has 0 saturated heterocycles. The van der Waals surface area contributed by atoms with Gasteiger partial charge in [0.1, 0.15) is 11.4 Å². The fraction of sp³-hybridized carbons (Fsp3) is 0.357.